The molecular weight excluding hydrogens is 282 g/mol. The second kappa shape index (κ2) is 5.97. The van der Waals surface area contributed by atoms with Gasteiger partial charge in [0.25, 0.3) is 0 Å². The quantitative estimate of drug-likeness (QED) is 0.859. The average Bonchev–Trinajstić information content (AvgIpc) is 2.71. The number of carbonyl (C=O) groups is 2. The van der Waals surface area contributed by atoms with Gasteiger partial charge in [0.2, 0.25) is 5.91 Å². The summed E-state index contributed by atoms with van der Waals surface area (Å²) in [6.07, 6.45) is 0.506. The molecule has 1 unspecified atom stereocenters. The van der Waals surface area contributed by atoms with Crippen molar-refractivity contribution in [3.63, 3.8) is 0 Å². The molecule has 0 saturated carbocycles. The Morgan fingerprint density at radius 3 is 2.95 bits per heavy atom. The van der Waals surface area contributed by atoms with Gasteiger partial charge in [-0.25, -0.2) is 0 Å². The standard InChI is InChI=1S/C14H16ClNO2S/c1-9-3-4-12(15)6-13(9)16-7-11(5-14(16)18)8-19-10(2)17/h3-4,6,11H,5,7-8H2,1-2H3. The molecule has 1 aromatic carbocycles. The molecule has 1 aliphatic rings. The Balaban J connectivity index is 2.11. The summed E-state index contributed by atoms with van der Waals surface area (Å²) in [4.78, 5) is 24.8. The fraction of sp³-hybridized carbons (Fsp3) is 0.429. The van der Waals surface area contributed by atoms with Gasteiger partial charge in [0, 0.05) is 36.4 Å². The van der Waals surface area contributed by atoms with Crippen LogP contribution in [0.15, 0.2) is 18.2 Å². The van der Waals surface area contributed by atoms with E-state index in [9.17, 15) is 9.59 Å². The summed E-state index contributed by atoms with van der Waals surface area (Å²) in [6.45, 7) is 4.19. The van der Waals surface area contributed by atoms with Gasteiger partial charge >= 0.3 is 0 Å². The summed E-state index contributed by atoms with van der Waals surface area (Å²) in [5.74, 6) is 1.05. The molecule has 0 spiro atoms. The first kappa shape index (κ1) is 14.4. The van der Waals surface area contributed by atoms with Crippen LogP contribution in [0.25, 0.3) is 0 Å². The van der Waals surface area contributed by atoms with E-state index in [4.69, 9.17) is 11.6 Å². The third-order valence-corrected chi connectivity index (χ3v) is 4.47. The molecule has 1 saturated heterocycles. The fourth-order valence-corrected chi connectivity index (χ4v) is 3.09. The van der Waals surface area contributed by atoms with Crippen LogP contribution < -0.4 is 4.90 Å². The van der Waals surface area contributed by atoms with Crippen LogP contribution in [0.5, 0.6) is 0 Å². The molecule has 0 aliphatic carbocycles. The minimum Gasteiger partial charge on any atom is -0.312 e. The number of thioether (sulfide) groups is 1. The largest absolute Gasteiger partial charge is 0.312 e. The summed E-state index contributed by atoms with van der Waals surface area (Å²) in [6, 6.07) is 5.57. The van der Waals surface area contributed by atoms with Gasteiger partial charge in [-0.15, -0.1) is 0 Å². The minimum atomic E-state index is 0.102. The Morgan fingerprint density at radius 2 is 2.26 bits per heavy atom. The molecule has 1 fully saturated rings. The molecule has 102 valence electrons. The zero-order chi connectivity index (χ0) is 14.0. The molecular formula is C14H16ClNO2S. The van der Waals surface area contributed by atoms with Gasteiger partial charge in [-0.1, -0.05) is 29.4 Å². The maximum absolute atomic E-state index is 12.1. The van der Waals surface area contributed by atoms with E-state index in [1.165, 1.54) is 11.8 Å². The second-order valence-corrected chi connectivity index (χ2v) is 6.44. The van der Waals surface area contributed by atoms with Crippen molar-refractivity contribution >= 4 is 40.1 Å². The van der Waals surface area contributed by atoms with E-state index in [0.29, 0.717) is 23.7 Å². The lowest BCUT2D eigenvalue weighted by molar-refractivity contribution is -0.117. The highest BCUT2D eigenvalue weighted by Crippen LogP contribution is 2.31. The lowest BCUT2D eigenvalue weighted by Gasteiger charge is -2.19. The number of amides is 1. The van der Waals surface area contributed by atoms with Crippen molar-refractivity contribution in [1.29, 1.82) is 0 Å². The van der Waals surface area contributed by atoms with Crippen LogP contribution in [0.1, 0.15) is 18.9 Å². The third kappa shape index (κ3) is 3.51. The number of nitrogens with zero attached hydrogens (tertiary/aromatic N) is 1. The topological polar surface area (TPSA) is 37.4 Å². The van der Waals surface area contributed by atoms with E-state index in [1.54, 1.807) is 11.8 Å². The summed E-state index contributed by atoms with van der Waals surface area (Å²) in [5.41, 5.74) is 1.92. The summed E-state index contributed by atoms with van der Waals surface area (Å²) < 4.78 is 0. The lowest BCUT2D eigenvalue weighted by atomic mass is 10.1. The van der Waals surface area contributed by atoms with E-state index in [-0.39, 0.29) is 16.9 Å². The van der Waals surface area contributed by atoms with Crippen LogP contribution in [0.3, 0.4) is 0 Å². The summed E-state index contributed by atoms with van der Waals surface area (Å²) >= 11 is 7.29. The molecule has 5 heteroatoms. The number of hydrogen-bond acceptors (Lipinski definition) is 3. The van der Waals surface area contributed by atoms with Gasteiger partial charge in [0.05, 0.1) is 0 Å². The molecule has 3 nitrogen and oxygen atoms in total. The highest BCUT2D eigenvalue weighted by atomic mass is 35.5. The highest BCUT2D eigenvalue weighted by molar-refractivity contribution is 8.13. The molecule has 19 heavy (non-hydrogen) atoms. The number of carbonyl (C=O) groups excluding carboxylic acids is 2. The molecule has 1 amide bonds. The predicted octanol–water partition coefficient (Wildman–Crippen LogP) is 3.28. The van der Waals surface area contributed by atoms with E-state index in [1.807, 2.05) is 25.1 Å². The number of rotatable bonds is 3. The van der Waals surface area contributed by atoms with Crippen molar-refractivity contribution in [3.8, 4) is 0 Å². The Labute approximate surface area is 122 Å². The highest BCUT2D eigenvalue weighted by Gasteiger charge is 2.31. The predicted molar refractivity (Wildman–Crippen MR) is 79.8 cm³/mol. The number of benzene rings is 1. The molecule has 1 aliphatic heterocycles. The van der Waals surface area contributed by atoms with Crippen LogP contribution in [0, 0.1) is 12.8 Å². The molecule has 0 aromatic heterocycles. The molecule has 0 radical (unpaired) electrons. The SMILES string of the molecule is CC(=O)SCC1CC(=O)N(c2cc(Cl)ccc2C)C1. The van der Waals surface area contributed by atoms with Crippen molar-refractivity contribution in [1.82, 2.24) is 0 Å². The fourth-order valence-electron chi connectivity index (χ4n) is 2.23. The van der Waals surface area contributed by atoms with Gasteiger partial charge in [-0.2, -0.15) is 0 Å². The van der Waals surface area contributed by atoms with E-state index >= 15 is 0 Å². The first-order valence-corrected chi connectivity index (χ1v) is 7.53. The van der Waals surface area contributed by atoms with E-state index in [0.717, 1.165) is 11.3 Å². The normalized spacial score (nSPS) is 19.0. The summed E-state index contributed by atoms with van der Waals surface area (Å²) in [5, 5.41) is 0.736. The number of halogens is 1. The molecule has 1 atom stereocenters. The smallest absolute Gasteiger partial charge is 0.227 e. The van der Waals surface area contributed by atoms with Crippen molar-refractivity contribution < 1.29 is 9.59 Å². The van der Waals surface area contributed by atoms with Crippen molar-refractivity contribution in [2.45, 2.75) is 20.3 Å². The maximum Gasteiger partial charge on any atom is 0.227 e. The Hall–Kier alpha value is -1.00. The number of anilines is 1. The van der Waals surface area contributed by atoms with E-state index in [2.05, 4.69) is 0 Å². The van der Waals surface area contributed by atoms with Gasteiger partial charge in [0.1, 0.15) is 0 Å². The minimum absolute atomic E-state index is 0.102. The van der Waals surface area contributed by atoms with Gasteiger partial charge < -0.3 is 4.90 Å². The third-order valence-electron chi connectivity index (χ3n) is 3.19. The first-order valence-electron chi connectivity index (χ1n) is 6.17. The van der Waals surface area contributed by atoms with Crippen molar-refractivity contribution in [3.05, 3.63) is 28.8 Å². The molecule has 0 N–H and O–H groups in total. The van der Waals surface area contributed by atoms with Gasteiger partial charge in [-0.3, -0.25) is 9.59 Å². The van der Waals surface area contributed by atoms with Crippen LogP contribution in [0.2, 0.25) is 5.02 Å². The van der Waals surface area contributed by atoms with Gasteiger partial charge in [-0.05, 0) is 30.5 Å². The zero-order valence-electron chi connectivity index (χ0n) is 11.0. The zero-order valence-corrected chi connectivity index (χ0v) is 12.6. The summed E-state index contributed by atoms with van der Waals surface area (Å²) in [7, 11) is 0. The molecule has 0 bridgehead atoms. The van der Waals surface area contributed by atoms with E-state index < -0.39 is 0 Å². The average molecular weight is 298 g/mol. The molecule has 2 rings (SSSR count). The molecule has 1 heterocycles. The lowest BCUT2D eigenvalue weighted by Crippen LogP contribution is -2.25. The van der Waals surface area contributed by atoms with Crippen LogP contribution in [-0.4, -0.2) is 23.3 Å². The second-order valence-electron chi connectivity index (χ2n) is 4.81. The van der Waals surface area contributed by atoms with Crippen LogP contribution in [-0.2, 0) is 9.59 Å². The Kier molecular flexibility index (Phi) is 4.53. The Morgan fingerprint density at radius 1 is 1.53 bits per heavy atom. The van der Waals surface area contributed by atoms with Crippen LogP contribution >= 0.6 is 23.4 Å². The first-order chi connectivity index (χ1) is 8.97. The number of aryl methyl sites for hydroxylation is 1. The monoisotopic (exact) mass is 297 g/mol. The van der Waals surface area contributed by atoms with Gasteiger partial charge in [0.15, 0.2) is 5.12 Å². The molecule has 1 aromatic rings. The van der Waals surface area contributed by atoms with Crippen LogP contribution in [0.4, 0.5) is 5.69 Å². The Bertz CT molecular complexity index is 518. The maximum atomic E-state index is 12.1. The number of hydrogen-bond donors (Lipinski definition) is 0. The van der Waals surface area contributed by atoms with Crippen molar-refractivity contribution in [2.24, 2.45) is 5.92 Å². The van der Waals surface area contributed by atoms with Crippen molar-refractivity contribution in [2.75, 3.05) is 17.2 Å².